The first-order valence-electron chi connectivity index (χ1n) is 6.30. The van der Waals surface area contributed by atoms with Crippen molar-refractivity contribution in [1.29, 1.82) is 0 Å². The molecule has 0 saturated heterocycles. The molecule has 2 unspecified atom stereocenters. The van der Waals surface area contributed by atoms with E-state index in [4.69, 9.17) is 4.74 Å². The molecular weight excluding hydrogens is 217 g/mol. The molecular formula is C14H20FNO. The third-order valence-corrected chi connectivity index (χ3v) is 3.49. The van der Waals surface area contributed by atoms with Gasteiger partial charge in [-0.1, -0.05) is 25.0 Å². The van der Waals surface area contributed by atoms with Crippen LogP contribution in [0.15, 0.2) is 24.3 Å². The average Bonchev–Trinajstić information content (AvgIpc) is 2.38. The summed E-state index contributed by atoms with van der Waals surface area (Å²) in [5, 5.41) is 3.51. The molecule has 1 aliphatic rings. The van der Waals surface area contributed by atoms with Gasteiger partial charge >= 0.3 is 0 Å². The van der Waals surface area contributed by atoms with Crippen molar-refractivity contribution in [3.05, 3.63) is 35.6 Å². The Balaban J connectivity index is 1.86. The fourth-order valence-electron chi connectivity index (χ4n) is 2.46. The number of methoxy groups -OCH3 is 1. The maximum atomic E-state index is 12.8. The van der Waals surface area contributed by atoms with E-state index in [9.17, 15) is 4.39 Å². The van der Waals surface area contributed by atoms with Crippen LogP contribution in [0, 0.1) is 5.82 Å². The van der Waals surface area contributed by atoms with Gasteiger partial charge in [0.25, 0.3) is 0 Å². The number of rotatable bonds is 4. The minimum absolute atomic E-state index is 0.179. The highest BCUT2D eigenvalue weighted by atomic mass is 19.1. The number of hydrogen-bond donors (Lipinski definition) is 1. The summed E-state index contributed by atoms with van der Waals surface area (Å²) in [6.45, 7) is 0.783. The summed E-state index contributed by atoms with van der Waals surface area (Å²) in [6.07, 6.45) is 5.15. The molecule has 94 valence electrons. The summed E-state index contributed by atoms with van der Waals surface area (Å²) in [6, 6.07) is 7.09. The molecule has 0 spiro atoms. The number of hydrogen-bond acceptors (Lipinski definition) is 2. The molecule has 2 atom stereocenters. The SMILES string of the molecule is COC1CCCCC1NCc1ccc(F)cc1. The minimum atomic E-state index is -0.179. The Morgan fingerprint density at radius 3 is 2.65 bits per heavy atom. The molecule has 3 heteroatoms. The van der Waals surface area contributed by atoms with E-state index in [1.165, 1.54) is 31.4 Å². The predicted octanol–water partition coefficient (Wildman–Crippen LogP) is 2.87. The van der Waals surface area contributed by atoms with Gasteiger partial charge in [-0.2, -0.15) is 0 Å². The van der Waals surface area contributed by atoms with Gasteiger partial charge in [0.1, 0.15) is 5.82 Å². The number of benzene rings is 1. The summed E-state index contributed by atoms with van der Waals surface area (Å²) in [4.78, 5) is 0. The third kappa shape index (κ3) is 3.51. The van der Waals surface area contributed by atoms with Crippen molar-refractivity contribution in [3.8, 4) is 0 Å². The van der Waals surface area contributed by atoms with Crippen molar-refractivity contribution >= 4 is 0 Å². The Morgan fingerprint density at radius 1 is 1.24 bits per heavy atom. The number of halogens is 1. The van der Waals surface area contributed by atoms with Crippen LogP contribution in [0.1, 0.15) is 31.2 Å². The molecule has 1 aliphatic carbocycles. The maximum absolute atomic E-state index is 12.8. The highest BCUT2D eigenvalue weighted by Crippen LogP contribution is 2.21. The van der Waals surface area contributed by atoms with Crippen LogP contribution in [0.4, 0.5) is 4.39 Å². The zero-order valence-electron chi connectivity index (χ0n) is 10.3. The monoisotopic (exact) mass is 237 g/mol. The van der Waals surface area contributed by atoms with E-state index in [0.29, 0.717) is 12.1 Å². The van der Waals surface area contributed by atoms with Gasteiger partial charge in [-0.05, 0) is 30.5 Å². The van der Waals surface area contributed by atoms with Gasteiger partial charge in [-0.15, -0.1) is 0 Å². The maximum Gasteiger partial charge on any atom is 0.123 e. The van der Waals surface area contributed by atoms with Crippen LogP contribution in [0.25, 0.3) is 0 Å². The molecule has 0 bridgehead atoms. The van der Waals surface area contributed by atoms with Crippen molar-refractivity contribution in [2.45, 2.75) is 44.4 Å². The van der Waals surface area contributed by atoms with E-state index in [0.717, 1.165) is 18.5 Å². The van der Waals surface area contributed by atoms with E-state index < -0.39 is 0 Å². The topological polar surface area (TPSA) is 21.3 Å². The number of ether oxygens (including phenoxy) is 1. The van der Waals surface area contributed by atoms with E-state index in [-0.39, 0.29) is 5.82 Å². The van der Waals surface area contributed by atoms with Gasteiger partial charge in [-0.3, -0.25) is 0 Å². The summed E-state index contributed by atoms with van der Waals surface area (Å²) in [5.74, 6) is -0.179. The predicted molar refractivity (Wildman–Crippen MR) is 66.3 cm³/mol. The first kappa shape index (κ1) is 12.5. The molecule has 0 radical (unpaired) electrons. The molecule has 1 fully saturated rings. The Bertz CT molecular complexity index is 339. The molecule has 0 amide bonds. The lowest BCUT2D eigenvalue weighted by Gasteiger charge is -2.31. The zero-order valence-corrected chi connectivity index (χ0v) is 10.3. The van der Waals surface area contributed by atoms with Crippen molar-refractivity contribution in [2.75, 3.05) is 7.11 Å². The summed E-state index contributed by atoms with van der Waals surface area (Å²) >= 11 is 0. The van der Waals surface area contributed by atoms with Gasteiger partial charge in [0.15, 0.2) is 0 Å². The van der Waals surface area contributed by atoms with Crippen LogP contribution in [-0.2, 0) is 11.3 Å². The Kier molecular flexibility index (Phi) is 4.51. The minimum Gasteiger partial charge on any atom is -0.380 e. The molecule has 2 nitrogen and oxygen atoms in total. The highest BCUT2D eigenvalue weighted by Gasteiger charge is 2.23. The second-order valence-corrected chi connectivity index (χ2v) is 4.67. The molecule has 0 aliphatic heterocycles. The van der Waals surface area contributed by atoms with Gasteiger partial charge < -0.3 is 10.1 Å². The van der Waals surface area contributed by atoms with Gasteiger partial charge in [-0.25, -0.2) is 4.39 Å². The lowest BCUT2D eigenvalue weighted by molar-refractivity contribution is 0.0413. The lowest BCUT2D eigenvalue weighted by Crippen LogP contribution is -2.42. The molecule has 1 N–H and O–H groups in total. The summed E-state index contributed by atoms with van der Waals surface area (Å²) < 4.78 is 18.2. The molecule has 0 aromatic heterocycles. The second kappa shape index (κ2) is 6.12. The number of nitrogens with one attached hydrogen (secondary N) is 1. The van der Waals surface area contributed by atoms with Crippen molar-refractivity contribution < 1.29 is 9.13 Å². The molecule has 1 saturated carbocycles. The molecule has 2 rings (SSSR count). The van der Waals surface area contributed by atoms with Gasteiger partial charge in [0, 0.05) is 19.7 Å². The lowest BCUT2D eigenvalue weighted by atomic mass is 9.92. The first-order valence-corrected chi connectivity index (χ1v) is 6.30. The Morgan fingerprint density at radius 2 is 1.94 bits per heavy atom. The van der Waals surface area contributed by atoms with Crippen LogP contribution >= 0.6 is 0 Å². The smallest absolute Gasteiger partial charge is 0.123 e. The highest BCUT2D eigenvalue weighted by molar-refractivity contribution is 5.15. The largest absolute Gasteiger partial charge is 0.380 e. The molecule has 1 aromatic carbocycles. The van der Waals surface area contributed by atoms with E-state index >= 15 is 0 Å². The standard InChI is InChI=1S/C14H20FNO/c1-17-14-5-3-2-4-13(14)16-10-11-6-8-12(15)9-7-11/h6-9,13-14,16H,2-5,10H2,1H3. The summed E-state index contributed by atoms with van der Waals surface area (Å²) in [5.41, 5.74) is 1.12. The average molecular weight is 237 g/mol. The van der Waals surface area contributed by atoms with Gasteiger partial charge in [0.2, 0.25) is 0 Å². The van der Waals surface area contributed by atoms with Crippen molar-refractivity contribution in [1.82, 2.24) is 5.32 Å². The second-order valence-electron chi connectivity index (χ2n) is 4.67. The molecule has 17 heavy (non-hydrogen) atoms. The van der Waals surface area contributed by atoms with Crippen molar-refractivity contribution in [3.63, 3.8) is 0 Å². The Hall–Kier alpha value is -0.930. The normalized spacial score (nSPS) is 24.8. The fraction of sp³-hybridized carbons (Fsp3) is 0.571. The summed E-state index contributed by atoms with van der Waals surface area (Å²) in [7, 11) is 1.78. The van der Waals surface area contributed by atoms with E-state index in [2.05, 4.69) is 5.32 Å². The van der Waals surface area contributed by atoms with Crippen LogP contribution < -0.4 is 5.32 Å². The third-order valence-electron chi connectivity index (χ3n) is 3.49. The zero-order chi connectivity index (χ0) is 12.1. The Labute approximate surface area is 102 Å². The van der Waals surface area contributed by atoms with E-state index in [1.54, 1.807) is 7.11 Å². The quantitative estimate of drug-likeness (QED) is 0.869. The fourth-order valence-corrected chi connectivity index (χ4v) is 2.46. The van der Waals surface area contributed by atoms with Crippen molar-refractivity contribution in [2.24, 2.45) is 0 Å². The van der Waals surface area contributed by atoms with E-state index in [1.807, 2.05) is 12.1 Å². The van der Waals surface area contributed by atoms with Crippen LogP contribution in [0.2, 0.25) is 0 Å². The molecule has 1 aromatic rings. The molecule has 0 heterocycles. The van der Waals surface area contributed by atoms with Crippen LogP contribution in [0.5, 0.6) is 0 Å². The first-order chi connectivity index (χ1) is 8.29. The van der Waals surface area contributed by atoms with Crippen LogP contribution in [-0.4, -0.2) is 19.3 Å². The van der Waals surface area contributed by atoms with Gasteiger partial charge in [0.05, 0.1) is 6.10 Å². The van der Waals surface area contributed by atoms with Crippen LogP contribution in [0.3, 0.4) is 0 Å².